The Morgan fingerprint density at radius 2 is 1.94 bits per heavy atom. The van der Waals surface area contributed by atoms with Crippen LogP contribution in [0.15, 0.2) is 24.3 Å². The van der Waals surface area contributed by atoms with Gasteiger partial charge in [-0.05, 0) is 37.6 Å². The average molecular weight is 246 g/mol. The van der Waals surface area contributed by atoms with Gasteiger partial charge in [0.05, 0.1) is 11.6 Å². The highest BCUT2D eigenvalue weighted by molar-refractivity contribution is 5.97. The van der Waals surface area contributed by atoms with Crippen molar-refractivity contribution in [1.82, 2.24) is 0 Å². The number of amides is 1. The highest BCUT2D eigenvalue weighted by Crippen LogP contribution is 2.22. The summed E-state index contributed by atoms with van der Waals surface area (Å²) in [5.74, 6) is -1.42. The fourth-order valence-corrected chi connectivity index (χ4v) is 1.26. The standard InChI is InChI=1S/C13H14N2O3/c1-3-13(2,8-14)12(18)15-10-6-4-9(5-7-10)11(16)17/h4-7H,3H2,1-2H3,(H,15,18)(H,16,17). The van der Waals surface area contributed by atoms with E-state index in [9.17, 15) is 9.59 Å². The van der Waals surface area contributed by atoms with E-state index in [-0.39, 0.29) is 5.56 Å². The van der Waals surface area contributed by atoms with Crippen LogP contribution >= 0.6 is 0 Å². The van der Waals surface area contributed by atoms with Crippen LogP contribution in [0.5, 0.6) is 0 Å². The molecular weight excluding hydrogens is 232 g/mol. The van der Waals surface area contributed by atoms with Gasteiger partial charge in [0, 0.05) is 5.69 Å². The van der Waals surface area contributed by atoms with Gasteiger partial charge < -0.3 is 10.4 Å². The number of carbonyl (C=O) groups excluding carboxylic acids is 1. The summed E-state index contributed by atoms with van der Waals surface area (Å²) in [5, 5.41) is 20.3. The molecule has 0 aromatic heterocycles. The molecule has 0 aliphatic heterocycles. The first-order chi connectivity index (χ1) is 8.42. The van der Waals surface area contributed by atoms with Gasteiger partial charge in [-0.3, -0.25) is 4.79 Å². The van der Waals surface area contributed by atoms with Crippen molar-refractivity contribution in [3.05, 3.63) is 29.8 Å². The molecule has 5 heteroatoms. The van der Waals surface area contributed by atoms with Crippen molar-refractivity contribution in [2.24, 2.45) is 5.41 Å². The van der Waals surface area contributed by atoms with Crippen molar-refractivity contribution in [3.8, 4) is 6.07 Å². The molecule has 18 heavy (non-hydrogen) atoms. The van der Waals surface area contributed by atoms with Crippen LogP contribution in [-0.4, -0.2) is 17.0 Å². The first-order valence-corrected chi connectivity index (χ1v) is 5.49. The number of nitrogens with zero attached hydrogens (tertiary/aromatic N) is 1. The Morgan fingerprint density at radius 3 is 2.33 bits per heavy atom. The minimum atomic E-state index is -1.08. The number of nitriles is 1. The van der Waals surface area contributed by atoms with Crippen LogP contribution in [0.1, 0.15) is 30.6 Å². The lowest BCUT2D eigenvalue weighted by Gasteiger charge is -2.18. The molecule has 0 aliphatic rings. The zero-order valence-electron chi connectivity index (χ0n) is 10.2. The molecule has 1 atom stereocenters. The average Bonchev–Trinajstić information content (AvgIpc) is 2.38. The molecule has 1 aromatic carbocycles. The number of hydrogen-bond acceptors (Lipinski definition) is 3. The molecule has 1 rings (SSSR count). The van der Waals surface area contributed by atoms with Crippen LogP contribution in [0.4, 0.5) is 5.69 Å². The summed E-state index contributed by atoms with van der Waals surface area (Å²) >= 11 is 0. The number of rotatable bonds is 4. The number of carboxylic acid groups (broad SMARTS) is 1. The van der Waals surface area contributed by atoms with Crippen molar-refractivity contribution < 1.29 is 14.7 Å². The summed E-state index contributed by atoms with van der Waals surface area (Å²) in [4.78, 5) is 22.5. The van der Waals surface area contributed by atoms with Gasteiger partial charge in [-0.25, -0.2) is 4.79 Å². The summed E-state index contributed by atoms with van der Waals surface area (Å²) in [6, 6.07) is 7.75. The van der Waals surface area contributed by atoms with Gasteiger partial charge >= 0.3 is 5.97 Å². The minimum Gasteiger partial charge on any atom is -0.478 e. The molecular formula is C13H14N2O3. The minimum absolute atomic E-state index is 0.145. The smallest absolute Gasteiger partial charge is 0.335 e. The maximum Gasteiger partial charge on any atom is 0.335 e. The third-order valence-electron chi connectivity index (χ3n) is 2.84. The van der Waals surface area contributed by atoms with E-state index >= 15 is 0 Å². The van der Waals surface area contributed by atoms with Crippen LogP contribution in [0, 0.1) is 16.7 Å². The third-order valence-corrected chi connectivity index (χ3v) is 2.84. The van der Waals surface area contributed by atoms with Gasteiger partial charge in [-0.1, -0.05) is 6.92 Å². The second-order valence-electron chi connectivity index (χ2n) is 4.13. The molecule has 0 saturated heterocycles. The monoisotopic (exact) mass is 246 g/mol. The van der Waals surface area contributed by atoms with E-state index < -0.39 is 17.3 Å². The van der Waals surface area contributed by atoms with Gasteiger partial charge in [-0.2, -0.15) is 5.26 Å². The lowest BCUT2D eigenvalue weighted by Crippen LogP contribution is -2.31. The summed E-state index contributed by atoms with van der Waals surface area (Å²) in [6.45, 7) is 3.32. The molecule has 0 bridgehead atoms. The summed E-state index contributed by atoms with van der Waals surface area (Å²) < 4.78 is 0. The van der Waals surface area contributed by atoms with Gasteiger partial charge in [0.2, 0.25) is 5.91 Å². The Hall–Kier alpha value is -2.35. The molecule has 0 spiro atoms. The Morgan fingerprint density at radius 1 is 1.39 bits per heavy atom. The van der Waals surface area contributed by atoms with Crippen LogP contribution in [0.3, 0.4) is 0 Å². The number of hydrogen-bond donors (Lipinski definition) is 2. The molecule has 0 aliphatic carbocycles. The van der Waals surface area contributed by atoms with Crippen molar-refractivity contribution in [1.29, 1.82) is 5.26 Å². The Labute approximate surface area is 105 Å². The topological polar surface area (TPSA) is 90.2 Å². The highest BCUT2D eigenvalue weighted by atomic mass is 16.4. The van der Waals surface area contributed by atoms with E-state index in [0.29, 0.717) is 12.1 Å². The molecule has 0 saturated carbocycles. The summed E-state index contributed by atoms with van der Waals surface area (Å²) in [6.07, 6.45) is 0.405. The first-order valence-electron chi connectivity index (χ1n) is 5.49. The lowest BCUT2D eigenvalue weighted by molar-refractivity contribution is -0.122. The Bertz CT molecular complexity index is 502. The van der Waals surface area contributed by atoms with Crippen molar-refractivity contribution in [2.45, 2.75) is 20.3 Å². The number of anilines is 1. The van der Waals surface area contributed by atoms with Crippen molar-refractivity contribution in [2.75, 3.05) is 5.32 Å². The maximum absolute atomic E-state index is 11.9. The third kappa shape index (κ3) is 2.86. The van der Waals surface area contributed by atoms with E-state index in [1.54, 1.807) is 13.8 Å². The second-order valence-corrected chi connectivity index (χ2v) is 4.13. The Kier molecular flexibility index (Phi) is 4.05. The maximum atomic E-state index is 11.9. The number of aromatic carboxylic acids is 1. The van der Waals surface area contributed by atoms with Gasteiger partial charge in [0.15, 0.2) is 0 Å². The highest BCUT2D eigenvalue weighted by Gasteiger charge is 2.31. The molecule has 94 valence electrons. The number of benzene rings is 1. The predicted molar refractivity (Wildman–Crippen MR) is 66.0 cm³/mol. The fraction of sp³-hybridized carbons (Fsp3) is 0.308. The van der Waals surface area contributed by atoms with Crippen LogP contribution < -0.4 is 5.32 Å². The quantitative estimate of drug-likeness (QED) is 0.852. The molecule has 5 nitrogen and oxygen atoms in total. The van der Waals surface area contributed by atoms with Crippen LogP contribution in [0.25, 0.3) is 0 Å². The van der Waals surface area contributed by atoms with Gasteiger partial charge in [0.1, 0.15) is 5.41 Å². The van der Waals surface area contributed by atoms with Crippen molar-refractivity contribution >= 4 is 17.6 Å². The molecule has 0 fully saturated rings. The van der Waals surface area contributed by atoms with E-state index in [0.717, 1.165) is 0 Å². The van der Waals surface area contributed by atoms with Gasteiger partial charge in [-0.15, -0.1) is 0 Å². The van der Waals surface area contributed by atoms with Crippen LogP contribution in [-0.2, 0) is 4.79 Å². The summed E-state index contributed by atoms with van der Waals surface area (Å²) in [7, 11) is 0. The van der Waals surface area contributed by atoms with Gasteiger partial charge in [0.25, 0.3) is 0 Å². The molecule has 1 unspecified atom stereocenters. The first kappa shape index (κ1) is 13.7. The SMILES string of the molecule is CCC(C)(C#N)C(=O)Nc1ccc(C(=O)O)cc1. The molecule has 1 aromatic rings. The Balaban J connectivity index is 2.83. The number of carboxylic acids is 1. The van der Waals surface area contributed by atoms with E-state index in [4.69, 9.17) is 10.4 Å². The predicted octanol–water partition coefficient (Wildman–Crippen LogP) is 2.26. The molecule has 0 radical (unpaired) electrons. The summed E-state index contributed by atoms with van der Waals surface area (Å²) in [5.41, 5.74) is -0.461. The number of nitrogens with one attached hydrogen (secondary N) is 1. The van der Waals surface area contributed by atoms with Crippen LogP contribution in [0.2, 0.25) is 0 Å². The number of carbonyl (C=O) groups is 2. The molecule has 1 amide bonds. The largest absolute Gasteiger partial charge is 0.478 e. The zero-order chi connectivity index (χ0) is 13.8. The zero-order valence-corrected chi connectivity index (χ0v) is 10.2. The van der Waals surface area contributed by atoms with E-state index in [2.05, 4.69) is 5.32 Å². The van der Waals surface area contributed by atoms with E-state index in [1.807, 2.05) is 6.07 Å². The van der Waals surface area contributed by atoms with E-state index in [1.165, 1.54) is 24.3 Å². The molecule has 2 N–H and O–H groups in total. The lowest BCUT2D eigenvalue weighted by atomic mass is 9.88. The fourth-order valence-electron chi connectivity index (χ4n) is 1.26. The second kappa shape index (κ2) is 5.32. The van der Waals surface area contributed by atoms with Crippen molar-refractivity contribution in [3.63, 3.8) is 0 Å². The molecule has 0 heterocycles. The normalized spacial score (nSPS) is 13.2.